The monoisotopic (exact) mass is 326 g/mol. The molecule has 0 spiro atoms. The fourth-order valence-corrected chi connectivity index (χ4v) is 3.04. The lowest BCUT2D eigenvalue weighted by Gasteiger charge is -2.15. The first kappa shape index (κ1) is 14.1. The van der Waals surface area contributed by atoms with Crippen molar-refractivity contribution in [2.24, 2.45) is 5.14 Å². The third kappa shape index (κ3) is 2.55. The van der Waals surface area contributed by atoms with Crippen molar-refractivity contribution in [3.8, 4) is 0 Å². The van der Waals surface area contributed by atoms with E-state index in [0.29, 0.717) is 18.7 Å². The highest BCUT2D eigenvalue weighted by Crippen LogP contribution is 2.31. The van der Waals surface area contributed by atoms with Gasteiger partial charge in [0.1, 0.15) is 0 Å². The van der Waals surface area contributed by atoms with Crippen LogP contribution in [0.5, 0.6) is 0 Å². The van der Waals surface area contributed by atoms with E-state index >= 15 is 0 Å². The summed E-state index contributed by atoms with van der Waals surface area (Å²) in [5.74, 6) is -0.174. The van der Waals surface area contributed by atoms with Gasteiger partial charge in [0.15, 0.2) is 11.0 Å². The molecule has 0 saturated carbocycles. The molecule has 110 valence electrons. The topological polar surface area (TPSA) is 93.6 Å². The number of halogens is 1. The molecule has 1 aliphatic heterocycles. The zero-order valence-corrected chi connectivity index (χ0v) is 12.3. The molecule has 1 aliphatic rings. The highest BCUT2D eigenvalue weighted by molar-refractivity contribution is 7.89. The summed E-state index contributed by atoms with van der Waals surface area (Å²) in [5.41, 5.74) is 1.41. The van der Waals surface area contributed by atoms with E-state index in [1.807, 2.05) is 0 Å². The predicted molar refractivity (Wildman–Crippen MR) is 76.9 cm³/mol. The van der Waals surface area contributed by atoms with Crippen LogP contribution in [0.15, 0.2) is 39.6 Å². The zero-order valence-electron chi connectivity index (χ0n) is 10.7. The molecule has 1 aromatic carbocycles. The highest BCUT2D eigenvalue weighted by atomic mass is 35.5. The molecule has 0 bridgehead atoms. The number of benzene rings is 1. The Morgan fingerprint density at radius 3 is 2.67 bits per heavy atom. The van der Waals surface area contributed by atoms with Gasteiger partial charge in [-0.25, -0.2) is 13.6 Å². The molecule has 1 aromatic heterocycles. The fraction of sp³-hybridized carbons (Fsp3) is 0.154. The number of nitrogens with zero attached hydrogens (tertiary/aromatic N) is 1. The molecule has 2 aromatic rings. The number of primary sulfonamides is 1. The Hall–Kier alpha value is -1.83. The van der Waals surface area contributed by atoms with E-state index < -0.39 is 10.0 Å². The van der Waals surface area contributed by atoms with Crippen molar-refractivity contribution in [3.05, 3.63) is 46.9 Å². The third-order valence-electron chi connectivity index (χ3n) is 3.30. The number of nitrogens with two attached hydrogens (primary N) is 1. The van der Waals surface area contributed by atoms with Crippen LogP contribution in [0.2, 0.25) is 5.22 Å². The third-order valence-corrected chi connectivity index (χ3v) is 4.42. The second kappa shape index (κ2) is 4.87. The molecule has 0 saturated heterocycles. The van der Waals surface area contributed by atoms with Gasteiger partial charge in [0.05, 0.1) is 4.90 Å². The lowest BCUT2D eigenvalue weighted by molar-refractivity contribution is 0.0963. The van der Waals surface area contributed by atoms with Crippen LogP contribution in [0.4, 0.5) is 5.69 Å². The highest BCUT2D eigenvalue weighted by Gasteiger charge is 2.28. The Morgan fingerprint density at radius 1 is 1.29 bits per heavy atom. The van der Waals surface area contributed by atoms with Crippen LogP contribution in [0.1, 0.15) is 16.1 Å². The van der Waals surface area contributed by atoms with Crippen molar-refractivity contribution in [2.45, 2.75) is 11.3 Å². The molecule has 21 heavy (non-hydrogen) atoms. The number of sulfonamides is 1. The van der Waals surface area contributed by atoms with Crippen LogP contribution in [0, 0.1) is 0 Å². The van der Waals surface area contributed by atoms with Crippen molar-refractivity contribution in [1.82, 2.24) is 0 Å². The van der Waals surface area contributed by atoms with E-state index in [-0.39, 0.29) is 21.8 Å². The summed E-state index contributed by atoms with van der Waals surface area (Å²) in [6.45, 7) is 0.445. The van der Waals surface area contributed by atoms with Crippen LogP contribution < -0.4 is 10.0 Å². The summed E-state index contributed by atoms with van der Waals surface area (Å²) in [7, 11) is -3.75. The molecule has 0 unspecified atom stereocenters. The van der Waals surface area contributed by atoms with Gasteiger partial charge in [0.25, 0.3) is 5.91 Å². The maximum atomic E-state index is 12.3. The minimum Gasteiger partial charge on any atom is -0.440 e. The lowest BCUT2D eigenvalue weighted by atomic mass is 10.2. The first-order chi connectivity index (χ1) is 9.86. The van der Waals surface area contributed by atoms with E-state index in [1.54, 1.807) is 6.07 Å². The molecular formula is C13H11ClN2O4S. The summed E-state index contributed by atoms with van der Waals surface area (Å²) in [6, 6.07) is 7.45. The maximum absolute atomic E-state index is 12.3. The minimum atomic E-state index is -3.75. The van der Waals surface area contributed by atoms with Crippen molar-refractivity contribution in [1.29, 1.82) is 0 Å². The van der Waals surface area contributed by atoms with E-state index in [4.69, 9.17) is 21.2 Å². The van der Waals surface area contributed by atoms with Crippen molar-refractivity contribution < 1.29 is 17.6 Å². The normalized spacial score (nSPS) is 14.3. The van der Waals surface area contributed by atoms with E-state index in [9.17, 15) is 13.2 Å². The van der Waals surface area contributed by atoms with Crippen LogP contribution in [-0.2, 0) is 16.4 Å². The Kier molecular flexibility index (Phi) is 3.27. The van der Waals surface area contributed by atoms with Crippen LogP contribution in [0.3, 0.4) is 0 Å². The molecule has 0 aliphatic carbocycles. The predicted octanol–water partition coefficient (Wildman–Crippen LogP) is 1.78. The lowest BCUT2D eigenvalue weighted by Crippen LogP contribution is -2.28. The molecule has 6 nitrogen and oxygen atoms in total. The van der Waals surface area contributed by atoms with E-state index in [2.05, 4.69) is 0 Å². The molecule has 0 fully saturated rings. The van der Waals surface area contributed by atoms with Gasteiger partial charge in [-0.15, -0.1) is 0 Å². The average molecular weight is 327 g/mol. The Labute approximate surface area is 126 Å². The molecule has 0 atom stereocenters. The van der Waals surface area contributed by atoms with Gasteiger partial charge in [0.2, 0.25) is 10.0 Å². The van der Waals surface area contributed by atoms with Crippen LogP contribution in [-0.4, -0.2) is 20.9 Å². The number of fused-ring (bicyclic) bond motifs is 1. The van der Waals surface area contributed by atoms with Gasteiger partial charge in [-0.3, -0.25) is 4.79 Å². The van der Waals surface area contributed by atoms with Gasteiger partial charge in [-0.2, -0.15) is 0 Å². The summed E-state index contributed by atoms with van der Waals surface area (Å²) >= 11 is 5.66. The first-order valence-corrected chi connectivity index (χ1v) is 8.01. The van der Waals surface area contributed by atoms with Gasteiger partial charge >= 0.3 is 0 Å². The molecule has 2 N–H and O–H groups in total. The number of furan rings is 1. The van der Waals surface area contributed by atoms with Crippen molar-refractivity contribution >= 4 is 33.2 Å². The standard InChI is InChI=1S/C13H11ClN2O4S/c14-12-4-3-11(20-12)13(17)16-6-5-8-7-9(21(15,18)19)1-2-10(8)16/h1-4,7H,5-6H2,(H2,15,18,19). The molecule has 3 rings (SSSR count). The van der Waals surface area contributed by atoms with Gasteiger partial charge in [-0.05, 0) is 53.9 Å². The van der Waals surface area contributed by atoms with E-state index in [0.717, 1.165) is 5.56 Å². The van der Waals surface area contributed by atoms with Crippen LogP contribution in [0.25, 0.3) is 0 Å². The fourth-order valence-electron chi connectivity index (χ4n) is 2.33. The molecule has 2 heterocycles. The van der Waals surface area contributed by atoms with Gasteiger partial charge < -0.3 is 9.32 Å². The van der Waals surface area contributed by atoms with Crippen molar-refractivity contribution in [3.63, 3.8) is 0 Å². The smallest absolute Gasteiger partial charge is 0.294 e. The number of carbonyl (C=O) groups excluding carboxylic acids is 1. The summed E-state index contributed by atoms with van der Waals surface area (Å²) < 4.78 is 27.8. The summed E-state index contributed by atoms with van der Waals surface area (Å²) in [5, 5.41) is 5.24. The number of rotatable bonds is 2. The number of hydrogen-bond acceptors (Lipinski definition) is 4. The minimum absolute atomic E-state index is 0.0385. The molecule has 8 heteroatoms. The number of anilines is 1. The molecule has 0 radical (unpaired) electrons. The Morgan fingerprint density at radius 2 is 2.05 bits per heavy atom. The summed E-state index contributed by atoms with van der Waals surface area (Å²) in [6.07, 6.45) is 0.554. The summed E-state index contributed by atoms with van der Waals surface area (Å²) in [4.78, 5) is 13.9. The molecular weight excluding hydrogens is 316 g/mol. The maximum Gasteiger partial charge on any atom is 0.294 e. The van der Waals surface area contributed by atoms with Gasteiger partial charge in [-0.1, -0.05) is 0 Å². The molecule has 1 amide bonds. The second-order valence-corrected chi connectivity index (χ2v) is 6.58. The quantitative estimate of drug-likeness (QED) is 0.910. The Bertz CT molecular complexity index is 828. The Balaban J connectivity index is 1.96. The largest absolute Gasteiger partial charge is 0.440 e. The number of hydrogen-bond donors (Lipinski definition) is 1. The number of carbonyl (C=O) groups is 1. The SMILES string of the molecule is NS(=O)(=O)c1ccc2c(c1)CCN2C(=O)c1ccc(Cl)o1. The second-order valence-electron chi connectivity index (χ2n) is 4.65. The van der Waals surface area contributed by atoms with Gasteiger partial charge in [0, 0.05) is 12.2 Å². The van der Waals surface area contributed by atoms with Crippen molar-refractivity contribution in [2.75, 3.05) is 11.4 Å². The average Bonchev–Trinajstić information content (AvgIpc) is 3.02. The zero-order chi connectivity index (χ0) is 15.2. The number of amides is 1. The van der Waals surface area contributed by atoms with Crippen LogP contribution >= 0.6 is 11.6 Å². The van der Waals surface area contributed by atoms with E-state index in [1.165, 1.54) is 29.2 Å². The first-order valence-electron chi connectivity index (χ1n) is 6.09.